The molecule has 0 radical (unpaired) electrons. The third-order valence-corrected chi connectivity index (χ3v) is 10.0. The van der Waals surface area contributed by atoms with E-state index in [1.54, 1.807) is 29.3 Å². The van der Waals surface area contributed by atoms with Gasteiger partial charge in [0, 0.05) is 23.4 Å². The Labute approximate surface area is 298 Å². The highest BCUT2D eigenvalue weighted by atomic mass is 16.2. The van der Waals surface area contributed by atoms with Gasteiger partial charge in [-0.2, -0.15) is 5.01 Å². The van der Waals surface area contributed by atoms with E-state index in [2.05, 4.69) is 26.0 Å². The van der Waals surface area contributed by atoms with Gasteiger partial charge >= 0.3 is 0 Å². The first-order valence-corrected chi connectivity index (χ1v) is 17.8. The molecular weight excluding hydrogens is 636 g/mol. The molecule has 0 aromatic heterocycles. The lowest BCUT2D eigenvalue weighted by molar-refractivity contribution is -0.0234. The predicted molar refractivity (Wildman–Crippen MR) is 199 cm³/mol. The van der Waals surface area contributed by atoms with E-state index in [0.717, 1.165) is 42.4 Å². The molecule has 0 bridgehead atoms. The molecule has 0 aliphatic carbocycles. The number of imide groups is 2. The lowest BCUT2D eigenvalue weighted by atomic mass is 9.86. The van der Waals surface area contributed by atoms with Gasteiger partial charge < -0.3 is 0 Å². The van der Waals surface area contributed by atoms with E-state index in [-0.39, 0.29) is 23.7 Å². The number of hydrazine groups is 2. The molecule has 0 saturated carbocycles. The molecule has 2 heterocycles. The molecule has 5 aromatic carbocycles. The molecule has 0 saturated heterocycles. The first kappa shape index (κ1) is 33.9. The number of hydrogen-bond acceptors (Lipinski definition) is 6. The van der Waals surface area contributed by atoms with E-state index in [1.807, 2.05) is 84.7 Å². The molecule has 5 aromatic rings. The Morgan fingerprint density at radius 2 is 1.14 bits per heavy atom. The molecule has 0 fully saturated rings. The van der Waals surface area contributed by atoms with Crippen LogP contribution in [0, 0.1) is 6.92 Å². The number of benzene rings is 5. The third-order valence-electron chi connectivity index (χ3n) is 10.0. The van der Waals surface area contributed by atoms with E-state index in [9.17, 15) is 19.2 Å². The number of carbonyl (C=O) groups is 4. The Bertz CT molecular complexity index is 2060. The second-order valence-corrected chi connectivity index (χ2v) is 13.5. The van der Waals surface area contributed by atoms with Crippen LogP contribution in [-0.4, -0.2) is 51.2 Å². The summed E-state index contributed by atoms with van der Waals surface area (Å²) in [6, 6.07) is 33.9. The lowest BCUT2D eigenvalue weighted by Gasteiger charge is -2.41. The Morgan fingerprint density at radius 3 is 1.67 bits per heavy atom. The summed E-state index contributed by atoms with van der Waals surface area (Å²) >= 11 is 0. The quantitative estimate of drug-likeness (QED) is 0.0920. The van der Waals surface area contributed by atoms with Crippen LogP contribution in [0.4, 0.5) is 5.69 Å². The van der Waals surface area contributed by atoms with E-state index in [0.29, 0.717) is 40.6 Å². The van der Waals surface area contributed by atoms with E-state index >= 15 is 0 Å². The fraction of sp³-hybridized carbons (Fsp3) is 0.256. The Morgan fingerprint density at radius 1 is 0.608 bits per heavy atom. The fourth-order valence-corrected chi connectivity index (χ4v) is 7.37. The summed E-state index contributed by atoms with van der Waals surface area (Å²) in [5.74, 6) is -1.91. The highest BCUT2D eigenvalue weighted by Crippen LogP contribution is 2.40. The maximum absolute atomic E-state index is 14.5. The fourth-order valence-electron chi connectivity index (χ4n) is 7.37. The molecule has 1 atom stereocenters. The largest absolute Gasteiger partial charge is 0.280 e. The molecule has 258 valence electrons. The summed E-state index contributed by atoms with van der Waals surface area (Å²) in [7, 11) is 0. The molecule has 2 aliphatic rings. The average molecular weight is 679 g/mol. The Balaban J connectivity index is 1.28. The second kappa shape index (κ2) is 14.3. The molecular formula is C43H42N4O4. The highest BCUT2D eigenvalue weighted by Gasteiger charge is 2.43. The number of aryl methyl sites for hydroxylation is 1. The molecule has 51 heavy (non-hydrogen) atoms. The summed E-state index contributed by atoms with van der Waals surface area (Å²) in [4.78, 5) is 57.9. The van der Waals surface area contributed by atoms with Gasteiger partial charge in [0.05, 0.1) is 34.5 Å². The van der Waals surface area contributed by atoms with E-state index in [4.69, 9.17) is 0 Å². The smallest absolute Gasteiger partial charge is 0.271 e. The standard InChI is InChI=1S/C43H42N4O4/c1-4-5-8-15-30(3)44(26-25-31-16-9-6-10-17-31)46-40(48)34-21-23-36-39-37(24-22-35(38(34)39)41(46)49)43(51)47(42(36)50)45(28-32-18-11-7-12-19-32)33-20-13-14-29(2)27-33/h6-7,9-14,16-24,27,30H,4-5,8,15,25-26,28H2,1-3H3. The van der Waals surface area contributed by atoms with Crippen LogP contribution >= 0.6 is 0 Å². The molecule has 0 spiro atoms. The minimum atomic E-state index is -0.509. The number of rotatable bonds is 13. The van der Waals surface area contributed by atoms with Gasteiger partial charge in [-0.05, 0) is 79.8 Å². The number of unbranched alkanes of at least 4 members (excludes halogenated alkanes) is 2. The minimum Gasteiger partial charge on any atom is -0.271 e. The predicted octanol–water partition coefficient (Wildman–Crippen LogP) is 8.39. The van der Waals surface area contributed by atoms with Crippen LogP contribution in [0.1, 0.15) is 97.7 Å². The average Bonchev–Trinajstić information content (AvgIpc) is 3.14. The van der Waals surface area contributed by atoms with Crippen LogP contribution in [-0.2, 0) is 13.0 Å². The maximum atomic E-state index is 14.5. The number of nitrogens with zero attached hydrogens (tertiary/aromatic N) is 4. The number of amides is 4. The van der Waals surface area contributed by atoms with Crippen molar-refractivity contribution in [1.29, 1.82) is 0 Å². The minimum absolute atomic E-state index is 0.0726. The van der Waals surface area contributed by atoms with Gasteiger partial charge in [0.15, 0.2) is 0 Å². The summed E-state index contributed by atoms with van der Waals surface area (Å²) in [5, 5.41) is 6.84. The summed E-state index contributed by atoms with van der Waals surface area (Å²) in [5.41, 5.74) is 4.90. The van der Waals surface area contributed by atoms with Gasteiger partial charge in [-0.3, -0.25) is 24.2 Å². The van der Waals surface area contributed by atoms with Crippen molar-refractivity contribution in [2.24, 2.45) is 0 Å². The van der Waals surface area contributed by atoms with Crippen LogP contribution in [0.15, 0.2) is 109 Å². The molecule has 7 rings (SSSR count). The number of carbonyl (C=O) groups excluding carboxylic acids is 4. The molecule has 8 heteroatoms. The highest BCUT2D eigenvalue weighted by molar-refractivity contribution is 6.33. The Kier molecular flexibility index (Phi) is 9.52. The van der Waals surface area contributed by atoms with Crippen LogP contribution in [0.25, 0.3) is 10.8 Å². The van der Waals surface area contributed by atoms with Crippen molar-refractivity contribution in [3.8, 4) is 0 Å². The zero-order valence-electron chi connectivity index (χ0n) is 29.3. The zero-order chi connectivity index (χ0) is 35.6. The van der Waals surface area contributed by atoms with Crippen LogP contribution in [0.5, 0.6) is 0 Å². The summed E-state index contributed by atoms with van der Waals surface area (Å²) in [6.45, 7) is 6.94. The first-order chi connectivity index (χ1) is 24.8. The number of anilines is 1. The maximum Gasteiger partial charge on any atom is 0.280 e. The molecule has 1 unspecified atom stereocenters. The summed E-state index contributed by atoms with van der Waals surface area (Å²) in [6.07, 6.45) is 4.62. The van der Waals surface area contributed by atoms with Gasteiger partial charge in [0.2, 0.25) is 0 Å². The first-order valence-electron chi connectivity index (χ1n) is 17.8. The van der Waals surface area contributed by atoms with Crippen molar-refractivity contribution < 1.29 is 19.2 Å². The van der Waals surface area contributed by atoms with Crippen molar-refractivity contribution in [2.75, 3.05) is 11.6 Å². The van der Waals surface area contributed by atoms with Gasteiger partial charge in [-0.25, -0.2) is 10.0 Å². The van der Waals surface area contributed by atoms with Gasteiger partial charge in [-0.15, -0.1) is 0 Å². The van der Waals surface area contributed by atoms with Crippen LogP contribution in [0.3, 0.4) is 0 Å². The SMILES string of the molecule is CCCCCC(C)N(CCc1ccccc1)N1C(=O)c2ccc3c4c(ccc(c24)C1=O)C(=O)N(N(Cc1ccccc1)c1cccc(C)c1)C3=O. The van der Waals surface area contributed by atoms with Gasteiger partial charge in [0.25, 0.3) is 23.6 Å². The third kappa shape index (κ3) is 6.32. The van der Waals surface area contributed by atoms with Crippen molar-refractivity contribution >= 4 is 40.1 Å². The normalized spacial score (nSPS) is 14.5. The van der Waals surface area contributed by atoms with Crippen LogP contribution in [0.2, 0.25) is 0 Å². The van der Waals surface area contributed by atoms with Crippen molar-refractivity contribution in [1.82, 2.24) is 15.0 Å². The van der Waals surface area contributed by atoms with Gasteiger partial charge in [0.1, 0.15) is 0 Å². The monoisotopic (exact) mass is 678 g/mol. The van der Waals surface area contributed by atoms with Gasteiger partial charge in [-0.1, -0.05) is 99.0 Å². The number of hydrogen-bond donors (Lipinski definition) is 0. The van der Waals surface area contributed by atoms with Crippen molar-refractivity contribution in [3.63, 3.8) is 0 Å². The van der Waals surface area contributed by atoms with Crippen molar-refractivity contribution in [3.05, 3.63) is 148 Å². The van der Waals surface area contributed by atoms with Crippen molar-refractivity contribution in [2.45, 2.75) is 65.5 Å². The van der Waals surface area contributed by atoms with E-state index < -0.39 is 23.6 Å². The molecule has 0 N–H and O–H groups in total. The lowest BCUT2D eigenvalue weighted by Crippen LogP contribution is -2.56. The zero-order valence-corrected chi connectivity index (χ0v) is 29.3. The molecule has 2 aliphatic heterocycles. The summed E-state index contributed by atoms with van der Waals surface area (Å²) < 4.78 is 0. The topological polar surface area (TPSA) is 81.2 Å². The van der Waals surface area contributed by atoms with Crippen LogP contribution < -0.4 is 5.01 Å². The Hall–Kier alpha value is -5.60. The molecule has 4 amide bonds. The molecule has 8 nitrogen and oxygen atoms in total. The second-order valence-electron chi connectivity index (χ2n) is 13.5. The van der Waals surface area contributed by atoms with E-state index in [1.165, 1.54) is 10.0 Å².